The highest BCUT2D eigenvalue weighted by molar-refractivity contribution is 6.37. The number of nitrogens with one attached hydrogen (secondary N) is 1. The summed E-state index contributed by atoms with van der Waals surface area (Å²) < 4.78 is 9.77. The molecule has 90 valence electrons. The maximum atomic E-state index is 11.3. The molecule has 1 aliphatic rings. The van der Waals surface area contributed by atoms with Crippen LogP contribution in [0, 0.1) is 0 Å². The van der Waals surface area contributed by atoms with Gasteiger partial charge >= 0.3 is 11.9 Å². The number of benzene rings is 1. The summed E-state index contributed by atoms with van der Waals surface area (Å²) in [5.74, 6) is -0.838. The molecule has 1 aromatic rings. The summed E-state index contributed by atoms with van der Waals surface area (Å²) >= 11 is 0. The Morgan fingerprint density at radius 3 is 3.00 bits per heavy atom. The number of aryl methyl sites for hydroxylation is 1. The van der Waals surface area contributed by atoms with Crippen LogP contribution in [-0.2, 0) is 20.7 Å². The molecule has 5 heteroatoms. The number of esters is 1. The second kappa shape index (κ2) is 4.86. The van der Waals surface area contributed by atoms with E-state index in [1.54, 1.807) is 12.1 Å². The van der Waals surface area contributed by atoms with Crippen molar-refractivity contribution in [3.8, 4) is 5.75 Å². The van der Waals surface area contributed by atoms with Crippen molar-refractivity contribution in [3.63, 3.8) is 0 Å². The van der Waals surface area contributed by atoms with Gasteiger partial charge in [-0.25, -0.2) is 4.79 Å². The fraction of sp³-hybridized carbons (Fsp3) is 0.333. The Labute approximate surface area is 98.7 Å². The quantitative estimate of drug-likeness (QED) is 0.585. The first-order valence-corrected chi connectivity index (χ1v) is 5.36. The molecular weight excluding hydrogens is 222 g/mol. The van der Waals surface area contributed by atoms with Gasteiger partial charge in [0.25, 0.3) is 0 Å². The van der Waals surface area contributed by atoms with E-state index < -0.39 is 11.9 Å². The monoisotopic (exact) mass is 235 g/mol. The van der Waals surface area contributed by atoms with Gasteiger partial charge in [0.2, 0.25) is 0 Å². The van der Waals surface area contributed by atoms with Crippen molar-refractivity contribution in [2.24, 2.45) is 0 Å². The second-order valence-electron chi connectivity index (χ2n) is 3.72. The summed E-state index contributed by atoms with van der Waals surface area (Å²) in [6, 6.07) is 5.31. The molecule has 0 aromatic heterocycles. The molecule has 1 aromatic carbocycles. The van der Waals surface area contributed by atoms with Crippen LogP contribution in [0.2, 0.25) is 0 Å². The van der Waals surface area contributed by atoms with Crippen molar-refractivity contribution in [3.05, 3.63) is 23.8 Å². The number of methoxy groups -OCH3 is 1. The van der Waals surface area contributed by atoms with Crippen molar-refractivity contribution in [1.29, 1.82) is 0 Å². The average Bonchev–Trinajstić information content (AvgIpc) is 2.37. The van der Waals surface area contributed by atoms with Crippen LogP contribution in [0.15, 0.2) is 18.2 Å². The van der Waals surface area contributed by atoms with Crippen molar-refractivity contribution in [2.45, 2.75) is 12.8 Å². The van der Waals surface area contributed by atoms with Gasteiger partial charge in [0, 0.05) is 5.69 Å². The summed E-state index contributed by atoms with van der Waals surface area (Å²) in [6.45, 7) is 0.723. The predicted molar refractivity (Wildman–Crippen MR) is 60.9 cm³/mol. The molecule has 0 atom stereocenters. The molecule has 0 bridgehead atoms. The highest BCUT2D eigenvalue weighted by Crippen LogP contribution is 2.27. The summed E-state index contributed by atoms with van der Waals surface area (Å²) in [6.07, 6.45) is 1.87. The molecule has 1 N–H and O–H groups in total. The zero-order valence-electron chi connectivity index (χ0n) is 9.49. The number of carbonyl (C=O) groups is 2. The Balaban J connectivity index is 2.12. The summed E-state index contributed by atoms with van der Waals surface area (Å²) in [4.78, 5) is 22.2. The number of ether oxygens (including phenoxy) is 2. The van der Waals surface area contributed by atoms with Gasteiger partial charge in [0.15, 0.2) is 0 Å². The minimum Gasteiger partial charge on any atom is -0.493 e. The van der Waals surface area contributed by atoms with E-state index in [0.29, 0.717) is 5.69 Å². The number of hydrogen-bond acceptors (Lipinski definition) is 4. The molecule has 1 amide bonds. The lowest BCUT2D eigenvalue weighted by Gasteiger charge is -2.17. The van der Waals surface area contributed by atoms with E-state index in [0.717, 1.165) is 30.8 Å². The third-order valence-corrected chi connectivity index (χ3v) is 2.54. The van der Waals surface area contributed by atoms with Gasteiger partial charge in [-0.1, -0.05) is 0 Å². The van der Waals surface area contributed by atoms with Crippen LogP contribution in [0.4, 0.5) is 5.69 Å². The Kier molecular flexibility index (Phi) is 3.27. The van der Waals surface area contributed by atoms with E-state index in [1.165, 1.54) is 7.11 Å². The standard InChI is InChI=1S/C12H13NO4/c1-16-12(15)11(14)13-9-4-5-10-8(7-9)3-2-6-17-10/h4-5,7H,2-3,6H2,1H3,(H,13,14). The minimum absolute atomic E-state index is 0.574. The van der Waals surface area contributed by atoms with Gasteiger partial charge in [0.05, 0.1) is 13.7 Å². The van der Waals surface area contributed by atoms with Gasteiger partial charge in [-0.05, 0) is 36.6 Å². The summed E-state index contributed by atoms with van der Waals surface area (Å²) in [5.41, 5.74) is 1.61. The number of carbonyl (C=O) groups excluding carboxylic acids is 2. The number of fused-ring (bicyclic) bond motifs is 1. The molecule has 0 saturated carbocycles. The number of rotatable bonds is 1. The number of amides is 1. The van der Waals surface area contributed by atoms with Crippen molar-refractivity contribution in [2.75, 3.05) is 19.0 Å². The lowest BCUT2D eigenvalue weighted by Crippen LogP contribution is -2.24. The van der Waals surface area contributed by atoms with Crippen LogP contribution >= 0.6 is 0 Å². The normalized spacial score (nSPS) is 13.2. The Bertz CT molecular complexity index is 456. The molecule has 0 aliphatic carbocycles. The van der Waals surface area contributed by atoms with Crippen molar-refractivity contribution >= 4 is 17.6 Å². The Hall–Kier alpha value is -2.04. The third kappa shape index (κ3) is 2.55. The fourth-order valence-electron chi connectivity index (χ4n) is 1.71. The lowest BCUT2D eigenvalue weighted by molar-refractivity contribution is -0.150. The van der Waals surface area contributed by atoms with Gasteiger partial charge in [-0.15, -0.1) is 0 Å². The predicted octanol–water partition coefficient (Wildman–Crippen LogP) is 1.12. The van der Waals surface area contributed by atoms with Crippen LogP contribution < -0.4 is 10.1 Å². The highest BCUT2D eigenvalue weighted by Gasteiger charge is 2.15. The maximum absolute atomic E-state index is 11.3. The van der Waals surface area contributed by atoms with E-state index in [2.05, 4.69) is 10.1 Å². The number of anilines is 1. The zero-order valence-corrected chi connectivity index (χ0v) is 9.49. The third-order valence-electron chi connectivity index (χ3n) is 2.54. The molecule has 0 radical (unpaired) electrons. The largest absolute Gasteiger partial charge is 0.493 e. The molecule has 0 unspecified atom stereocenters. The Morgan fingerprint density at radius 1 is 1.41 bits per heavy atom. The molecule has 0 spiro atoms. The van der Waals surface area contributed by atoms with Crippen LogP contribution in [-0.4, -0.2) is 25.6 Å². The molecular formula is C12H13NO4. The van der Waals surface area contributed by atoms with Crippen LogP contribution in [0.3, 0.4) is 0 Å². The first kappa shape index (κ1) is 11.4. The molecule has 5 nitrogen and oxygen atoms in total. The number of hydrogen-bond donors (Lipinski definition) is 1. The molecule has 1 aliphatic heterocycles. The molecule has 2 rings (SSSR count). The zero-order chi connectivity index (χ0) is 12.3. The molecule has 0 saturated heterocycles. The average molecular weight is 235 g/mol. The molecule has 0 fully saturated rings. The molecule has 17 heavy (non-hydrogen) atoms. The van der Waals surface area contributed by atoms with Crippen LogP contribution in [0.1, 0.15) is 12.0 Å². The van der Waals surface area contributed by atoms with E-state index in [4.69, 9.17) is 4.74 Å². The van der Waals surface area contributed by atoms with Crippen molar-refractivity contribution < 1.29 is 19.1 Å². The second-order valence-corrected chi connectivity index (χ2v) is 3.72. The fourth-order valence-corrected chi connectivity index (χ4v) is 1.71. The molecule has 1 heterocycles. The lowest BCUT2D eigenvalue weighted by atomic mass is 10.1. The first-order valence-electron chi connectivity index (χ1n) is 5.36. The van der Waals surface area contributed by atoms with E-state index >= 15 is 0 Å². The van der Waals surface area contributed by atoms with Gasteiger partial charge in [0.1, 0.15) is 5.75 Å². The first-order chi connectivity index (χ1) is 8.20. The topological polar surface area (TPSA) is 64.6 Å². The van der Waals surface area contributed by atoms with Crippen LogP contribution in [0.5, 0.6) is 5.75 Å². The van der Waals surface area contributed by atoms with E-state index in [9.17, 15) is 9.59 Å². The van der Waals surface area contributed by atoms with E-state index in [1.807, 2.05) is 6.07 Å². The smallest absolute Gasteiger partial charge is 0.396 e. The SMILES string of the molecule is COC(=O)C(=O)Nc1ccc2c(c1)CCCO2. The Morgan fingerprint density at radius 2 is 2.24 bits per heavy atom. The minimum atomic E-state index is -0.904. The van der Waals surface area contributed by atoms with Crippen LogP contribution in [0.25, 0.3) is 0 Å². The summed E-state index contributed by atoms with van der Waals surface area (Å²) in [5, 5.41) is 2.47. The van der Waals surface area contributed by atoms with Gasteiger partial charge < -0.3 is 14.8 Å². The summed E-state index contributed by atoms with van der Waals surface area (Å²) in [7, 11) is 1.17. The van der Waals surface area contributed by atoms with E-state index in [-0.39, 0.29) is 0 Å². The van der Waals surface area contributed by atoms with Crippen molar-refractivity contribution in [1.82, 2.24) is 0 Å². The maximum Gasteiger partial charge on any atom is 0.396 e. The van der Waals surface area contributed by atoms with Gasteiger partial charge in [-0.2, -0.15) is 0 Å². The highest BCUT2D eigenvalue weighted by atomic mass is 16.5. The van der Waals surface area contributed by atoms with Gasteiger partial charge in [-0.3, -0.25) is 4.79 Å².